The number of sulfone groups is 1. The largest absolute Gasteiger partial charge is 0.448 e. The third kappa shape index (κ3) is 3.93. The average molecular weight is 387 g/mol. The van der Waals surface area contributed by atoms with Crippen LogP contribution in [0.2, 0.25) is 0 Å². The van der Waals surface area contributed by atoms with Crippen molar-refractivity contribution in [3.8, 4) is 11.5 Å². The van der Waals surface area contributed by atoms with Gasteiger partial charge in [0.15, 0.2) is 21.3 Å². The van der Waals surface area contributed by atoms with Crippen LogP contribution in [-0.2, 0) is 15.6 Å². The monoisotopic (exact) mass is 387 g/mol. The summed E-state index contributed by atoms with van der Waals surface area (Å²) < 4.78 is 34.9. The molecule has 1 fully saturated rings. The fourth-order valence-corrected chi connectivity index (χ4v) is 4.38. The van der Waals surface area contributed by atoms with Crippen LogP contribution in [0, 0.1) is 0 Å². The first-order valence-electron chi connectivity index (χ1n) is 8.92. The first kappa shape index (κ1) is 17.9. The molecule has 1 aliphatic heterocycles. The number of rotatable bonds is 4. The minimum atomic E-state index is -3.16. The number of ether oxygens (including phenoxy) is 2. The van der Waals surface area contributed by atoms with Gasteiger partial charge in [-0.15, -0.1) is 0 Å². The van der Waals surface area contributed by atoms with E-state index in [0.717, 1.165) is 25.7 Å². The summed E-state index contributed by atoms with van der Waals surface area (Å²) in [5.74, 6) is 0.399. The van der Waals surface area contributed by atoms with Crippen molar-refractivity contribution >= 4 is 21.4 Å². The van der Waals surface area contributed by atoms with E-state index in [1.807, 2.05) is 0 Å². The molecule has 1 heterocycles. The number of hydrogen-bond acceptors (Lipinski definition) is 5. The van der Waals surface area contributed by atoms with E-state index in [-0.39, 0.29) is 11.7 Å². The Morgan fingerprint density at radius 3 is 2.56 bits per heavy atom. The molecule has 2 aliphatic rings. The molecule has 2 aromatic carbocycles. The molecule has 6 nitrogen and oxygen atoms in total. The highest BCUT2D eigenvalue weighted by Gasteiger charge is 2.44. The van der Waals surface area contributed by atoms with E-state index in [0.29, 0.717) is 28.3 Å². The van der Waals surface area contributed by atoms with Crippen LogP contribution in [0.5, 0.6) is 11.5 Å². The minimum absolute atomic E-state index is 0.0970. The molecule has 0 saturated heterocycles. The van der Waals surface area contributed by atoms with Crippen molar-refractivity contribution in [1.82, 2.24) is 0 Å². The summed E-state index contributed by atoms with van der Waals surface area (Å²) >= 11 is 0. The number of benzene rings is 2. The smallest absolute Gasteiger partial charge is 0.255 e. The molecule has 1 N–H and O–H groups in total. The van der Waals surface area contributed by atoms with Crippen molar-refractivity contribution < 1.29 is 22.7 Å². The second-order valence-corrected chi connectivity index (χ2v) is 9.35. The number of hydrogen-bond donors (Lipinski definition) is 1. The van der Waals surface area contributed by atoms with Crippen molar-refractivity contribution in [2.24, 2.45) is 0 Å². The maximum atomic E-state index is 12.5. The van der Waals surface area contributed by atoms with Crippen LogP contribution in [0.1, 0.15) is 41.6 Å². The molecule has 4 rings (SSSR count). The number of amides is 1. The highest BCUT2D eigenvalue weighted by Crippen LogP contribution is 2.47. The molecule has 142 valence electrons. The fourth-order valence-electron chi connectivity index (χ4n) is 3.60. The van der Waals surface area contributed by atoms with E-state index in [1.165, 1.54) is 6.26 Å². The predicted octanol–water partition coefficient (Wildman–Crippen LogP) is 3.53. The van der Waals surface area contributed by atoms with Gasteiger partial charge in [-0.05, 0) is 42.7 Å². The van der Waals surface area contributed by atoms with E-state index in [1.54, 1.807) is 42.5 Å². The summed E-state index contributed by atoms with van der Waals surface area (Å²) in [7, 11) is -3.16. The van der Waals surface area contributed by atoms with Gasteiger partial charge in [0.25, 0.3) is 11.7 Å². The molecular formula is C20H21NO5S. The van der Waals surface area contributed by atoms with Gasteiger partial charge in [0.1, 0.15) is 0 Å². The number of anilines is 1. The summed E-state index contributed by atoms with van der Waals surface area (Å²) in [6, 6.07) is 12.0. The number of nitrogens with one attached hydrogen (secondary N) is 1. The van der Waals surface area contributed by atoms with E-state index in [9.17, 15) is 13.2 Å². The first-order chi connectivity index (χ1) is 12.8. The normalized spacial score (nSPS) is 17.2. The van der Waals surface area contributed by atoms with Crippen molar-refractivity contribution in [3.63, 3.8) is 0 Å². The second-order valence-electron chi connectivity index (χ2n) is 7.21. The van der Waals surface area contributed by atoms with Crippen LogP contribution < -0.4 is 14.8 Å². The highest BCUT2D eigenvalue weighted by molar-refractivity contribution is 7.89. The molecule has 27 heavy (non-hydrogen) atoms. The van der Waals surface area contributed by atoms with Gasteiger partial charge in [-0.2, -0.15) is 0 Å². The zero-order chi connectivity index (χ0) is 19.1. The Hall–Kier alpha value is -2.54. The Bertz CT molecular complexity index is 993. The van der Waals surface area contributed by atoms with Crippen LogP contribution in [-0.4, -0.2) is 26.4 Å². The Morgan fingerprint density at radius 2 is 1.81 bits per heavy atom. The summed E-state index contributed by atoms with van der Waals surface area (Å²) in [4.78, 5) is 12.5. The number of fused-ring (bicyclic) bond motifs is 1. The maximum absolute atomic E-state index is 12.5. The number of carbonyl (C=O) groups excluding carboxylic acids is 1. The predicted molar refractivity (Wildman–Crippen MR) is 102 cm³/mol. The lowest BCUT2D eigenvalue weighted by Gasteiger charge is -2.21. The molecule has 0 aromatic heterocycles. The van der Waals surface area contributed by atoms with Crippen LogP contribution in [0.25, 0.3) is 0 Å². The van der Waals surface area contributed by atoms with Gasteiger partial charge in [-0.1, -0.05) is 12.1 Å². The van der Waals surface area contributed by atoms with Gasteiger partial charge in [0.2, 0.25) is 0 Å². The van der Waals surface area contributed by atoms with Gasteiger partial charge >= 0.3 is 0 Å². The van der Waals surface area contributed by atoms with E-state index in [4.69, 9.17) is 9.47 Å². The third-order valence-corrected chi connectivity index (χ3v) is 5.63. The van der Waals surface area contributed by atoms with Crippen molar-refractivity contribution in [3.05, 3.63) is 53.6 Å². The van der Waals surface area contributed by atoms with Gasteiger partial charge in [-0.25, -0.2) is 8.42 Å². The van der Waals surface area contributed by atoms with Gasteiger partial charge in [-0.3, -0.25) is 4.79 Å². The van der Waals surface area contributed by atoms with Crippen LogP contribution in [0.3, 0.4) is 0 Å². The molecule has 0 atom stereocenters. The molecule has 7 heteroatoms. The van der Waals surface area contributed by atoms with Crippen LogP contribution >= 0.6 is 0 Å². The molecule has 0 radical (unpaired) electrons. The SMILES string of the molecule is CS(=O)(=O)Cc1cccc(C(=O)Nc2ccc3c(c2)OC2(CCCC2)O3)c1. The minimum Gasteiger partial charge on any atom is -0.448 e. The molecule has 1 aliphatic carbocycles. The second kappa shape index (κ2) is 6.56. The van der Waals surface area contributed by atoms with E-state index < -0.39 is 15.6 Å². The summed E-state index contributed by atoms with van der Waals surface area (Å²) in [6.07, 6.45) is 5.08. The van der Waals surface area contributed by atoms with Crippen molar-refractivity contribution in [1.29, 1.82) is 0 Å². The van der Waals surface area contributed by atoms with E-state index in [2.05, 4.69) is 5.32 Å². The van der Waals surface area contributed by atoms with E-state index >= 15 is 0 Å². The quantitative estimate of drug-likeness (QED) is 0.868. The molecule has 0 unspecified atom stereocenters. The van der Waals surface area contributed by atoms with Crippen LogP contribution in [0.4, 0.5) is 5.69 Å². The summed E-state index contributed by atoms with van der Waals surface area (Å²) in [5, 5.41) is 2.83. The lowest BCUT2D eigenvalue weighted by Crippen LogP contribution is -2.34. The Balaban J connectivity index is 1.49. The Kier molecular flexibility index (Phi) is 4.34. The molecule has 1 saturated carbocycles. The first-order valence-corrected chi connectivity index (χ1v) is 11.0. The molecule has 1 amide bonds. The standard InChI is InChI=1S/C20H21NO5S/c1-27(23,24)13-14-5-4-6-15(11-14)19(22)21-16-7-8-17-18(12-16)26-20(25-17)9-2-3-10-20/h4-8,11-12H,2-3,9-10,13H2,1H3,(H,21,22). The lowest BCUT2D eigenvalue weighted by atomic mass is 10.1. The van der Waals surface area contributed by atoms with Gasteiger partial charge < -0.3 is 14.8 Å². The fraction of sp³-hybridized carbons (Fsp3) is 0.350. The molecule has 0 bridgehead atoms. The van der Waals surface area contributed by atoms with Crippen molar-refractivity contribution in [2.75, 3.05) is 11.6 Å². The third-order valence-electron chi connectivity index (χ3n) is 4.78. The lowest BCUT2D eigenvalue weighted by molar-refractivity contribution is -0.0716. The zero-order valence-electron chi connectivity index (χ0n) is 15.0. The maximum Gasteiger partial charge on any atom is 0.255 e. The van der Waals surface area contributed by atoms with Gasteiger partial charge in [0, 0.05) is 36.4 Å². The molecule has 2 aromatic rings. The van der Waals surface area contributed by atoms with Crippen molar-refractivity contribution in [2.45, 2.75) is 37.2 Å². The summed E-state index contributed by atoms with van der Waals surface area (Å²) in [6.45, 7) is 0. The van der Waals surface area contributed by atoms with Crippen LogP contribution in [0.15, 0.2) is 42.5 Å². The summed E-state index contributed by atoms with van der Waals surface area (Å²) in [5.41, 5.74) is 1.59. The molecule has 1 spiro atoms. The highest BCUT2D eigenvalue weighted by atomic mass is 32.2. The number of carbonyl (C=O) groups is 1. The Morgan fingerprint density at radius 1 is 1.07 bits per heavy atom. The Labute approximate surface area is 158 Å². The molecular weight excluding hydrogens is 366 g/mol. The average Bonchev–Trinajstić information content (AvgIpc) is 3.19. The topological polar surface area (TPSA) is 81.7 Å². The zero-order valence-corrected chi connectivity index (χ0v) is 15.8. The van der Waals surface area contributed by atoms with Gasteiger partial charge in [0.05, 0.1) is 5.75 Å².